The van der Waals surface area contributed by atoms with Crippen LogP contribution in [-0.2, 0) is 12.3 Å². The Kier molecular flexibility index (Phi) is 4.32. The van der Waals surface area contributed by atoms with Gasteiger partial charge < -0.3 is 4.74 Å². The molecule has 0 bridgehead atoms. The summed E-state index contributed by atoms with van der Waals surface area (Å²) in [5.41, 5.74) is -2.09. The molecule has 0 spiro atoms. The lowest BCUT2D eigenvalue weighted by molar-refractivity contribution is -0.185. The zero-order chi connectivity index (χ0) is 16.5. The number of ether oxygens (including phenoxy) is 1. The number of alkyl halides is 5. The molecular formula is C14H8F6OS. The Balaban J connectivity index is 2.26. The predicted octanol–water partition coefficient (Wildman–Crippen LogP) is 5.26. The minimum atomic E-state index is -4.91. The van der Waals surface area contributed by atoms with Crippen LogP contribution in [-0.4, -0.2) is 0 Å². The van der Waals surface area contributed by atoms with Gasteiger partial charge in [-0.1, -0.05) is 0 Å². The van der Waals surface area contributed by atoms with Crippen LogP contribution < -0.4 is 4.74 Å². The zero-order valence-corrected chi connectivity index (χ0v) is 11.6. The van der Waals surface area contributed by atoms with E-state index in [4.69, 9.17) is 0 Å². The fourth-order valence-electron chi connectivity index (χ4n) is 1.65. The molecule has 0 aromatic heterocycles. The Hall–Kier alpha value is -1.83. The van der Waals surface area contributed by atoms with Crippen molar-refractivity contribution in [3.05, 3.63) is 59.4 Å². The van der Waals surface area contributed by atoms with Gasteiger partial charge in [0.2, 0.25) is 0 Å². The van der Waals surface area contributed by atoms with Crippen molar-refractivity contribution in [3.8, 4) is 5.75 Å². The normalized spacial score (nSPS) is 12.3. The third-order valence-corrected chi connectivity index (χ3v) is 2.99. The van der Waals surface area contributed by atoms with Gasteiger partial charge in [-0.2, -0.15) is 22.0 Å². The minimum absolute atomic E-state index is 0.268. The van der Waals surface area contributed by atoms with E-state index in [-0.39, 0.29) is 6.07 Å². The molecule has 2 aromatic carbocycles. The Morgan fingerprint density at radius 1 is 0.864 bits per heavy atom. The summed E-state index contributed by atoms with van der Waals surface area (Å²) in [5.74, 6) is -2.41. The lowest BCUT2D eigenvalue weighted by Crippen LogP contribution is -2.22. The molecule has 8 heteroatoms. The van der Waals surface area contributed by atoms with Crippen molar-refractivity contribution < 1.29 is 31.1 Å². The van der Waals surface area contributed by atoms with E-state index in [1.54, 1.807) is 0 Å². The molecule has 0 fully saturated rings. The van der Waals surface area contributed by atoms with Crippen molar-refractivity contribution in [3.63, 3.8) is 0 Å². The van der Waals surface area contributed by atoms with E-state index in [0.29, 0.717) is 17.0 Å². The molecule has 0 aliphatic heterocycles. The van der Waals surface area contributed by atoms with E-state index in [9.17, 15) is 26.3 Å². The average molecular weight is 338 g/mol. The number of benzene rings is 2. The smallest absolute Gasteiger partial charge is 0.426 e. The maximum atomic E-state index is 13.8. The van der Waals surface area contributed by atoms with E-state index in [0.717, 1.165) is 12.1 Å². The van der Waals surface area contributed by atoms with E-state index in [1.165, 1.54) is 12.1 Å². The van der Waals surface area contributed by atoms with E-state index < -0.39 is 35.0 Å². The summed E-state index contributed by atoms with van der Waals surface area (Å²) in [6, 6.07) is 5.92. The highest BCUT2D eigenvalue weighted by Crippen LogP contribution is 2.36. The van der Waals surface area contributed by atoms with Gasteiger partial charge in [0.25, 0.3) is 0 Å². The van der Waals surface area contributed by atoms with Crippen LogP contribution in [0.4, 0.5) is 26.3 Å². The Morgan fingerprint density at radius 3 is 1.95 bits per heavy atom. The molecule has 0 atom stereocenters. The van der Waals surface area contributed by atoms with Gasteiger partial charge in [-0.05, 0) is 36.4 Å². The second-order valence-electron chi connectivity index (χ2n) is 4.31. The van der Waals surface area contributed by atoms with Gasteiger partial charge >= 0.3 is 12.3 Å². The highest BCUT2D eigenvalue weighted by molar-refractivity contribution is 7.80. The second-order valence-corrected chi connectivity index (χ2v) is 4.82. The molecule has 0 N–H and O–H groups in total. The highest BCUT2D eigenvalue weighted by atomic mass is 32.1. The molecule has 0 aliphatic carbocycles. The fraction of sp³-hybridized carbons (Fsp3) is 0.143. The zero-order valence-electron chi connectivity index (χ0n) is 10.7. The van der Waals surface area contributed by atoms with Gasteiger partial charge in [-0.25, -0.2) is 4.39 Å². The Bertz CT molecular complexity index is 666. The molecule has 0 saturated heterocycles. The summed E-state index contributed by atoms with van der Waals surface area (Å²) < 4.78 is 82.5. The lowest BCUT2D eigenvalue weighted by atomic mass is 10.2. The summed E-state index contributed by atoms with van der Waals surface area (Å²) in [7, 11) is 0. The summed E-state index contributed by atoms with van der Waals surface area (Å²) in [4.78, 5) is 0.445. The van der Waals surface area contributed by atoms with E-state index in [1.807, 2.05) is 0 Å². The van der Waals surface area contributed by atoms with Crippen molar-refractivity contribution in [2.75, 3.05) is 0 Å². The van der Waals surface area contributed by atoms with Crippen LogP contribution in [0.5, 0.6) is 5.75 Å². The van der Waals surface area contributed by atoms with Crippen molar-refractivity contribution >= 4 is 12.6 Å². The first kappa shape index (κ1) is 16.5. The predicted molar refractivity (Wildman–Crippen MR) is 69.6 cm³/mol. The number of hydrogen-bond acceptors (Lipinski definition) is 2. The first-order valence-corrected chi connectivity index (χ1v) is 6.27. The number of halogens is 6. The molecule has 0 heterocycles. The quantitative estimate of drug-likeness (QED) is 0.593. The molecule has 0 unspecified atom stereocenters. The van der Waals surface area contributed by atoms with Gasteiger partial charge in [-0.15, -0.1) is 12.6 Å². The van der Waals surface area contributed by atoms with Crippen molar-refractivity contribution in [1.82, 2.24) is 0 Å². The maximum absolute atomic E-state index is 13.8. The van der Waals surface area contributed by atoms with Crippen LogP contribution in [0, 0.1) is 5.82 Å². The van der Waals surface area contributed by atoms with Crippen LogP contribution in [0.15, 0.2) is 47.4 Å². The number of hydrogen-bond donors (Lipinski definition) is 1. The summed E-state index contributed by atoms with van der Waals surface area (Å²) >= 11 is 3.94. The number of thiol groups is 1. The van der Waals surface area contributed by atoms with Crippen LogP contribution in [0.3, 0.4) is 0 Å². The summed E-state index contributed by atoms with van der Waals surface area (Å²) in [6.45, 7) is 0. The van der Waals surface area contributed by atoms with Crippen molar-refractivity contribution in [2.24, 2.45) is 0 Å². The molecule has 0 amide bonds. The maximum Gasteiger partial charge on any atom is 0.426 e. The average Bonchev–Trinajstić information content (AvgIpc) is 2.37. The molecule has 0 aliphatic rings. The van der Waals surface area contributed by atoms with Crippen molar-refractivity contribution in [2.45, 2.75) is 17.2 Å². The molecule has 2 rings (SSSR count). The first-order valence-electron chi connectivity index (χ1n) is 5.83. The van der Waals surface area contributed by atoms with E-state index in [2.05, 4.69) is 17.4 Å². The van der Waals surface area contributed by atoms with Crippen LogP contribution >= 0.6 is 12.6 Å². The molecule has 1 nitrogen and oxygen atoms in total. The Labute approximate surface area is 126 Å². The fourth-order valence-corrected chi connectivity index (χ4v) is 1.80. The molecular weight excluding hydrogens is 330 g/mol. The SMILES string of the molecule is Fc1cc(OC(F)(F)c2ccc(S)cc2)ccc1C(F)(F)F. The van der Waals surface area contributed by atoms with Crippen molar-refractivity contribution in [1.29, 1.82) is 0 Å². The van der Waals surface area contributed by atoms with E-state index >= 15 is 0 Å². The van der Waals surface area contributed by atoms with Gasteiger partial charge in [0.15, 0.2) is 0 Å². The van der Waals surface area contributed by atoms with Crippen LogP contribution in [0.1, 0.15) is 11.1 Å². The number of rotatable bonds is 3. The standard InChI is InChI=1S/C14H8F6OS/c15-12-7-9(3-6-11(12)13(16,17)18)21-14(19,20)8-1-4-10(22)5-2-8/h1-7,22H. The second kappa shape index (κ2) is 5.75. The Morgan fingerprint density at radius 2 is 1.45 bits per heavy atom. The van der Waals surface area contributed by atoms with Gasteiger partial charge in [0.05, 0.1) is 11.1 Å². The largest absolute Gasteiger partial charge is 0.429 e. The molecule has 22 heavy (non-hydrogen) atoms. The first-order chi connectivity index (χ1) is 10.1. The van der Waals surface area contributed by atoms with Gasteiger partial charge in [0, 0.05) is 11.0 Å². The van der Waals surface area contributed by atoms with Crippen LogP contribution in [0.25, 0.3) is 0 Å². The van der Waals surface area contributed by atoms with Crippen LogP contribution in [0.2, 0.25) is 0 Å². The van der Waals surface area contributed by atoms with Gasteiger partial charge in [-0.3, -0.25) is 0 Å². The molecule has 2 aromatic rings. The topological polar surface area (TPSA) is 9.23 Å². The lowest BCUT2D eigenvalue weighted by Gasteiger charge is -2.19. The van der Waals surface area contributed by atoms with Gasteiger partial charge in [0.1, 0.15) is 11.6 Å². The minimum Gasteiger partial charge on any atom is -0.429 e. The molecule has 0 saturated carbocycles. The molecule has 0 radical (unpaired) electrons. The molecule has 118 valence electrons. The summed E-state index contributed by atoms with van der Waals surface area (Å²) in [5, 5.41) is 0. The highest BCUT2D eigenvalue weighted by Gasteiger charge is 2.37. The third kappa shape index (κ3) is 3.68. The monoisotopic (exact) mass is 338 g/mol. The third-order valence-electron chi connectivity index (χ3n) is 2.70. The summed E-state index contributed by atoms with van der Waals surface area (Å²) in [6.07, 6.45) is -8.73.